The van der Waals surface area contributed by atoms with Crippen LogP contribution in [0, 0.1) is 18.2 Å². The summed E-state index contributed by atoms with van der Waals surface area (Å²) < 4.78 is 13.0. The van der Waals surface area contributed by atoms with Crippen molar-refractivity contribution in [3.63, 3.8) is 0 Å². The van der Waals surface area contributed by atoms with Gasteiger partial charge in [-0.15, -0.1) is 18.1 Å². The molecule has 0 saturated carbocycles. The molecule has 0 heterocycles. The molecular weight excluding hydrogens is 191 g/mol. The highest BCUT2D eigenvalue weighted by Gasteiger charge is 2.25. The first kappa shape index (κ1) is 11.3. The van der Waals surface area contributed by atoms with E-state index < -0.39 is 11.4 Å². The molecule has 15 heavy (non-hydrogen) atoms. The maximum Gasteiger partial charge on any atom is 0.126 e. The Hall–Kier alpha value is -1.81. The third-order valence-electron chi connectivity index (χ3n) is 2.04. The van der Waals surface area contributed by atoms with Gasteiger partial charge in [0.25, 0.3) is 0 Å². The van der Waals surface area contributed by atoms with E-state index in [-0.39, 0.29) is 6.42 Å². The number of aliphatic hydroxyl groups is 1. The van der Waals surface area contributed by atoms with E-state index in [4.69, 9.17) is 6.42 Å². The van der Waals surface area contributed by atoms with Crippen LogP contribution in [0.5, 0.6) is 0 Å². The molecule has 1 aromatic rings. The number of hydrogen-bond donors (Lipinski definition) is 1. The molecule has 1 atom stereocenters. The Labute approximate surface area is 88.6 Å². The van der Waals surface area contributed by atoms with Crippen LogP contribution in [0.15, 0.2) is 42.7 Å². The lowest BCUT2D eigenvalue weighted by atomic mass is 9.90. The van der Waals surface area contributed by atoms with Gasteiger partial charge < -0.3 is 5.11 Å². The van der Waals surface area contributed by atoms with Gasteiger partial charge in [0.2, 0.25) is 0 Å². The lowest BCUT2D eigenvalue weighted by molar-refractivity contribution is 0.0952. The van der Waals surface area contributed by atoms with Crippen molar-refractivity contribution < 1.29 is 9.50 Å². The minimum atomic E-state index is -1.39. The Morgan fingerprint density at radius 2 is 2.33 bits per heavy atom. The van der Waals surface area contributed by atoms with Crippen molar-refractivity contribution in [1.82, 2.24) is 0 Å². The number of terminal acetylenes is 1. The topological polar surface area (TPSA) is 20.2 Å². The van der Waals surface area contributed by atoms with Gasteiger partial charge in [-0.3, -0.25) is 0 Å². The summed E-state index contributed by atoms with van der Waals surface area (Å²) in [5.41, 5.74) is 1.48. The molecule has 2 heteroatoms. The molecule has 0 spiro atoms. The summed E-state index contributed by atoms with van der Waals surface area (Å²) in [7, 11) is 0. The van der Waals surface area contributed by atoms with Gasteiger partial charge in [0, 0.05) is 6.42 Å². The zero-order valence-corrected chi connectivity index (χ0v) is 8.20. The zero-order valence-electron chi connectivity index (χ0n) is 8.20. The molecule has 1 N–H and O–H groups in total. The van der Waals surface area contributed by atoms with Crippen molar-refractivity contribution in [2.45, 2.75) is 12.0 Å². The Kier molecular flexibility index (Phi) is 3.46. The first-order valence-electron chi connectivity index (χ1n) is 4.41. The number of rotatable bonds is 3. The normalized spacial score (nSPS) is 13.4. The van der Waals surface area contributed by atoms with Crippen molar-refractivity contribution in [1.29, 1.82) is 0 Å². The van der Waals surface area contributed by atoms with E-state index in [1.54, 1.807) is 6.07 Å². The second-order valence-electron chi connectivity index (χ2n) is 3.16. The minimum absolute atomic E-state index is 0.0545. The van der Waals surface area contributed by atoms with Crippen LogP contribution in [0.3, 0.4) is 0 Å². The number of benzene rings is 1. The van der Waals surface area contributed by atoms with Crippen molar-refractivity contribution in [2.24, 2.45) is 0 Å². The first-order chi connectivity index (χ1) is 7.12. The molecule has 0 amide bonds. The van der Waals surface area contributed by atoms with E-state index >= 15 is 0 Å². The zero-order chi connectivity index (χ0) is 11.3. The van der Waals surface area contributed by atoms with Gasteiger partial charge in [0.05, 0.1) is 0 Å². The van der Waals surface area contributed by atoms with Crippen molar-refractivity contribution in [3.05, 3.63) is 54.0 Å². The van der Waals surface area contributed by atoms with Crippen LogP contribution >= 0.6 is 0 Å². The average molecular weight is 202 g/mol. The molecule has 0 aromatic heterocycles. The highest BCUT2D eigenvalue weighted by molar-refractivity contribution is 5.29. The van der Waals surface area contributed by atoms with Crippen LogP contribution in [0.2, 0.25) is 0 Å². The Morgan fingerprint density at radius 3 is 2.87 bits per heavy atom. The van der Waals surface area contributed by atoms with Crippen molar-refractivity contribution in [2.75, 3.05) is 0 Å². The number of hydrogen-bond acceptors (Lipinski definition) is 1. The Balaban J connectivity index is 3.21. The van der Waals surface area contributed by atoms with Crippen LogP contribution in [0.25, 0.3) is 0 Å². The molecule has 0 aliphatic heterocycles. The molecule has 1 aromatic carbocycles. The maximum absolute atomic E-state index is 13.0. The van der Waals surface area contributed by atoms with Crippen molar-refractivity contribution >= 4 is 0 Å². The van der Waals surface area contributed by atoms with E-state index in [1.807, 2.05) is 0 Å². The van der Waals surface area contributed by atoms with Gasteiger partial charge in [0.15, 0.2) is 0 Å². The van der Waals surface area contributed by atoms with Crippen LogP contribution < -0.4 is 0 Å². The fraction of sp³-hybridized carbons (Fsp3) is 0.154. The maximum atomic E-state index is 13.0. The van der Waals surface area contributed by atoms with E-state index in [0.717, 1.165) is 0 Å². The van der Waals surface area contributed by atoms with Gasteiger partial charge >= 0.3 is 0 Å². The van der Waals surface area contributed by atoms with Crippen LogP contribution in [0.4, 0.5) is 4.39 Å². The summed E-state index contributed by atoms with van der Waals surface area (Å²) in [5.74, 6) is 1.92. The summed E-state index contributed by atoms with van der Waals surface area (Å²) in [4.78, 5) is 0. The lowest BCUT2D eigenvalue weighted by Crippen LogP contribution is -2.22. The Morgan fingerprint density at radius 1 is 1.60 bits per heavy atom. The predicted octanol–water partition coefficient (Wildman–Crippen LogP) is 2.38. The first-order valence-corrected chi connectivity index (χ1v) is 4.41. The van der Waals surface area contributed by atoms with Crippen LogP contribution in [-0.2, 0) is 5.60 Å². The molecule has 0 fully saturated rings. The van der Waals surface area contributed by atoms with Crippen LogP contribution in [0.1, 0.15) is 12.0 Å². The van der Waals surface area contributed by atoms with E-state index in [9.17, 15) is 9.50 Å². The van der Waals surface area contributed by atoms with Gasteiger partial charge in [-0.2, -0.15) is 0 Å². The summed E-state index contributed by atoms with van der Waals surface area (Å²) >= 11 is 0. The van der Waals surface area contributed by atoms with Crippen molar-refractivity contribution in [3.8, 4) is 12.3 Å². The molecule has 0 saturated heterocycles. The standard InChI is InChI=1S/C13H11FO/c1-3-8-13(15,9-4-2)11-6-5-7-12(14)10-11/h1,5-7,9-10,15H,2,8H2. The molecule has 0 aliphatic carbocycles. The molecular formula is C13H11FO. The number of halogens is 1. The summed E-state index contributed by atoms with van der Waals surface area (Å²) in [6, 6.07) is 5.67. The van der Waals surface area contributed by atoms with E-state index in [2.05, 4.69) is 18.2 Å². The molecule has 1 rings (SSSR count). The molecule has 0 radical (unpaired) electrons. The SMILES string of the molecule is C#CCC(O)(C=C=C)c1cccc(F)c1. The summed E-state index contributed by atoms with van der Waals surface area (Å²) in [6.45, 7) is 3.37. The minimum Gasteiger partial charge on any atom is -0.379 e. The molecule has 1 nitrogen and oxygen atoms in total. The third-order valence-corrected chi connectivity index (χ3v) is 2.04. The second-order valence-corrected chi connectivity index (χ2v) is 3.16. The average Bonchev–Trinajstić information content (AvgIpc) is 2.18. The van der Waals surface area contributed by atoms with Gasteiger partial charge in [-0.05, 0) is 23.8 Å². The molecule has 1 unspecified atom stereocenters. The third kappa shape index (κ3) is 2.57. The fourth-order valence-electron chi connectivity index (χ4n) is 1.32. The smallest absolute Gasteiger partial charge is 0.126 e. The summed E-state index contributed by atoms with van der Waals surface area (Å²) in [5, 5.41) is 10.1. The predicted molar refractivity (Wildman–Crippen MR) is 57.5 cm³/mol. The lowest BCUT2D eigenvalue weighted by Gasteiger charge is -2.21. The van der Waals surface area contributed by atoms with E-state index in [1.165, 1.54) is 24.3 Å². The summed E-state index contributed by atoms with van der Waals surface area (Å²) in [6.07, 6.45) is 6.54. The van der Waals surface area contributed by atoms with Crippen LogP contribution in [-0.4, -0.2) is 5.11 Å². The van der Waals surface area contributed by atoms with Gasteiger partial charge in [0.1, 0.15) is 11.4 Å². The fourth-order valence-corrected chi connectivity index (χ4v) is 1.32. The van der Waals surface area contributed by atoms with E-state index in [0.29, 0.717) is 5.56 Å². The van der Waals surface area contributed by atoms with Gasteiger partial charge in [-0.1, -0.05) is 18.7 Å². The monoisotopic (exact) mass is 202 g/mol. The molecule has 76 valence electrons. The molecule has 0 bridgehead atoms. The highest BCUT2D eigenvalue weighted by atomic mass is 19.1. The Bertz CT molecular complexity index is 438. The van der Waals surface area contributed by atoms with Gasteiger partial charge in [-0.25, -0.2) is 4.39 Å². The second kappa shape index (κ2) is 4.61. The highest BCUT2D eigenvalue weighted by Crippen LogP contribution is 2.26. The molecule has 0 aliphatic rings. The largest absolute Gasteiger partial charge is 0.379 e. The quantitative estimate of drug-likeness (QED) is 0.589.